The maximum Gasteiger partial charge on any atom is 0.230 e. The molecular formula is C17H19NOS. The zero-order valence-corrected chi connectivity index (χ0v) is 12.7. The molecule has 1 N–H and O–H groups in total. The van der Waals surface area contributed by atoms with Crippen LogP contribution in [0.3, 0.4) is 0 Å². The second-order valence-corrected chi connectivity index (χ2v) is 5.91. The van der Waals surface area contributed by atoms with Gasteiger partial charge in [-0.05, 0) is 31.5 Å². The lowest BCUT2D eigenvalue weighted by Gasteiger charge is -2.06. The summed E-state index contributed by atoms with van der Waals surface area (Å²) in [6, 6.07) is 16.4. The lowest BCUT2D eigenvalue weighted by Crippen LogP contribution is -2.24. The number of carbonyl (C=O) groups excluding carboxylic acids is 1. The summed E-state index contributed by atoms with van der Waals surface area (Å²) in [6.45, 7) is 4.71. The summed E-state index contributed by atoms with van der Waals surface area (Å²) >= 11 is 1.56. The normalized spacial score (nSPS) is 10.3. The highest BCUT2D eigenvalue weighted by Gasteiger charge is 2.02. The minimum Gasteiger partial charge on any atom is -0.351 e. The van der Waals surface area contributed by atoms with Crippen LogP contribution in [0.15, 0.2) is 53.4 Å². The fourth-order valence-electron chi connectivity index (χ4n) is 1.74. The van der Waals surface area contributed by atoms with Gasteiger partial charge in [-0.3, -0.25) is 4.79 Å². The molecule has 1 amide bonds. The standard InChI is InChI=1S/C17H19NOS/c1-13-3-7-15(8-4-13)11-18-17(19)12-20-16-9-5-14(2)6-10-16/h3-10H,11-12H2,1-2H3,(H,18,19). The van der Waals surface area contributed by atoms with Crippen molar-refractivity contribution in [3.8, 4) is 0 Å². The van der Waals surface area contributed by atoms with E-state index in [0.29, 0.717) is 12.3 Å². The van der Waals surface area contributed by atoms with E-state index < -0.39 is 0 Å². The average Bonchev–Trinajstić information content (AvgIpc) is 2.46. The Morgan fingerprint density at radius 1 is 0.950 bits per heavy atom. The minimum absolute atomic E-state index is 0.0659. The van der Waals surface area contributed by atoms with Gasteiger partial charge in [0.15, 0.2) is 0 Å². The number of hydrogen-bond donors (Lipinski definition) is 1. The van der Waals surface area contributed by atoms with Gasteiger partial charge in [-0.1, -0.05) is 47.5 Å². The predicted octanol–water partition coefficient (Wildman–Crippen LogP) is 3.71. The average molecular weight is 285 g/mol. The fourth-order valence-corrected chi connectivity index (χ4v) is 2.47. The Kier molecular flexibility index (Phi) is 5.24. The van der Waals surface area contributed by atoms with Gasteiger partial charge >= 0.3 is 0 Å². The molecule has 0 fully saturated rings. The van der Waals surface area contributed by atoms with E-state index in [1.54, 1.807) is 11.8 Å². The summed E-state index contributed by atoms with van der Waals surface area (Å²) in [5, 5.41) is 2.94. The van der Waals surface area contributed by atoms with E-state index in [-0.39, 0.29) is 5.91 Å². The van der Waals surface area contributed by atoms with Crippen LogP contribution in [0.1, 0.15) is 16.7 Å². The molecule has 0 bridgehead atoms. The second kappa shape index (κ2) is 7.15. The van der Waals surface area contributed by atoms with Gasteiger partial charge in [0, 0.05) is 11.4 Å². The molecule has 3 heteroatoms. The quantitative estimate of drug-likeness (QED) is 0.848. The third kappa shape index (κ3) is 4.74. The Morgan fingerprint density at radius 2 is 1.50 bits per heavy atom. The lowest BCUT2D eigenvalue weighted by molar-refractivity contribution is -0.118. The Bertz CT molecular complexity index is 509. The van der Waals surface area contributed by atoms with Crippen LogP contribution in [0.4, 0.5) is 0 Å². The molecule has 0 aliphatic heterocycles. The molecule has 0 spiro atoms. The first-order valence-electron chi connectivity index (χ1n) is 6.65. The van der Waals surface area contributed by atoms with Gasteiger partial charge in [-0.15, -0.1) is 11.8 Å². The summed E-state index contributed by atoms with van der Waals surface area (Å²) in [5.41, 5.74) is 3.59. The van der Waals surface area contributed by atoms with E-state index in [1.807, 2.05) is 24.3 Å². The first-order chi connectivity index (χ1) is 9.63. The number of benzene rings is 2. The van der Waals surface area contributed by atoms with Crippen molar-refractivity contribution in [3.63, 3.8) is 0 Å². The molecular weight excluding hydrogens is 266 g/mol. The molecule has 0 saturated heterocycles. The number of amides is 1. The van der Waals surface area contributed by atoms with Gasteiger partial charge < -0.3 is 5.32 Å². The van der Waals surface area contributed by atoms with Gasteiger partial charge in [0.1, 0.15) is 0 Å². The molecule has 0 heterocycles. The summed E-state index contributed by atoms with van der Waals surface area (Å²) in [6.07, 6.45) is 0. The van der Waals surface area contributed by atoms with Crippen molar-refractivity contribution in [2.24, 2.45) is 0 Å². The molecule has 0 aliphatic rings. The zero-order chi connectivity index (χ0) is 14.4. The van der Waals surface area contributed by atoms with Crippen molar-refractivity contribution in [1.82, 2.24) is 5.32 Å². The predicted molar refractivity (Wildman–Crippen MR) is 84.9 cm³/mol. The van der Waals surface area contributed by atoms with Crippen LogP contribution < -0.4 is 5.32 Å². The summed E-state index contributed by atoms with van der Waals surface area (Å²) < 4.78 is 0. The van der Waals surface area contributed by atoms with E-state index in [2.05, 4.69) is 43.4 Å². The third-order valence-corrected chi connectivity index (χ3v) is 4.01. The molecule has 2 nitrogen and oxygen atoms in total. The molecule has 0 atom stereocenters. The topological polar surface area (TPSA) is 29.1 Å². The zero-order valence-electron chi connectivity index (χ0n) is 11.8. The Hall–Kier alpha value is -1.74. The van der Waals surface area contributed by atoms with Gasteiger partial charge in [0.25, 0.3) is 0 Å². The van der Waals surface area contributed by atoms with Gasteiger partial charge in [0.05, 0.1) is 5.75 Å². The van der Waals surface area contributed by atoms with E-state index in [4.69, 9.17) is 0 Å². The molecule has 0 unspecified atom stereocenters. The van der Waals surface area contributed by atoms with Crippen LogP contribution in [0.5, 0.6) is 0 Å². The highest BCUT2D eigenvalue weighted by molar-refractivity contribution is 8.00. The molecule has 104 valence electrons. The summed E-state index contributed by atoms with van der Waals surface area (Å²) in [5.74, 6) is 0.519. The molecule has 2 aromatic rings. The van der Waals surface area contributed by atoms with E-state index >= 15 is 0 Å². The van der Waals surface area contributed by atoms with Gasteiger partial charge in [-0.2, -0.15) is 0 Å². The van der Waals surface area contributed by atoms with Gasteiger partial charge in [0.2, 0.25) is 5.91 Å². The SMILES string of the molecule is Cc1ccc(CNC(=O)CSc2ccc(C)cc2)cc1. The first-order valence-corrected chi connectivity index (χ1v) is 7.64. The van der Waals surface area contributed by atoms with E-state index in [9.17, 15) is 4.79 Å². The van der Waals surface area contributed by atoms with Crippen LogP contribution in [0.2, 0.25) is 0 Å². The van der Waals surface area contributed by atoms with Crippen molar-refractivity contribution in [1.29, 1.82) is 0 Å². The minimum atomic E-state index is 0.0659. The molecule has 0 aliphatic carbocycles. The fraction of sp³-hybridized carbons (Fsp3) is 0.235. The van der Waals surface area contributed by atoms with Crippen molar-refractivity contribution >= 4 is 17.7 Å². The van der Waals surface area contributed by atoms with Crippen LogP contribution >= 0.6 is 11.8 Å². The molecule has 2 rings (SSSR count). The molecule has 0 saturated carbocycles. The molecule has 2 aromatic carbocycles. The summed E-state index contributed by atoms with van der Waals surface area (Å²) in [4.78, 5) is 12.9. The van der Waals surface area contributed by atoms with E-state index in [0.717, 1.165) is 10.5 Å². The molecule has 0 radical (unpaired) electrons. The van der Waals surface area contributed by atoms with E-state index in [1.165, 1.54) is 11.1 Å². The molecule has 20 heavy (non-hydrogen) atoms. The van der Waals surface area contributed by atoms with Crippen molar-refractivity contribution in [3.05, 3.63) is 65.2 Å². The maximum atomic E-state index is 11.8. The highest BCUT2D eigenvalue weighted by atomic mass is 32.2. The van der Waals surface area contributed by atoms with Crippen molar-refractivity contribution in [2.75, 3.05) is 5.75 Å². The maximum absolute atomic E-state index is 11.8. The monoisotopic (exact) mass is 285 g/mol. The first kappa shape index (κ1) is 14.7. The Labute approximate surface area is 124 Å². The largest absolute Gasteiger partial charge is 0.351 e. The van der Waals surface area contributed by atoms with Crippen LogP contribution in [-0.2, 0) is 11.3 Å². The van der Waals surface area contributed by atoms with Gasteiger partial charge in [-0.25, -0.2) is 0 Å². The smallest absolute Gasteiger partial charge is 0.230 e. The second-order valence-electron chi connectivity index (χ2n) is 4.86. The third-order valence-electron chi connectivity index (χ3n) is 3.00. The number of aryl methyl sites for hydroxylation is 2. The summed E-state index contributed by atoms with van der Waals surface area (Å²) in [7, 11) is 0. The number of thioether (sulfide) groups is 1. The van der Waals surface area contributed by atoms with Crippen molar-refractivity contribution < 1.29 is 4.79 Å². The highest BCUT2D eigenvalue weighted by Crippen LogP contribution is 2.17. The van der Waals surface area contributed by atoms with Crippen LogP contribution in [0.25, 0.3) is 0 Å². The number of carbonyl (C=O) groups is 1. The van der Waals surface area contributed by atoms with Crippen molar-refractivity contribution in [2.45, 2.75) is 25.3 Å². The molecule has 0 aromatic heterocycles. The van der Waals surface area contributed by atoms with Crippen LogP contribution in [-0.4, -0.2) is 11.7 Å². The Morgan fingerprint density at radius 3 is 2.10 bits per heavy atom. The number of rotatable bonds is 5. The number of nitrogens with one attached hydrogen (secondary N) is 1. The lowest BCUT2D eigenvalue weighted by atomic mass is 10.1. The Balaban J connectivity index is 1.75. The number of hydrogen-bond acceptors (Lipinski definition) is 2. The van der Waals surface area contributed by atoms with Crippen LogP contribution in [0, 0.1) is 13.8 Å².